The third-order valence-electron chi connectivity index (χ3n) is 4.21. The maximum Gasteiger partial charge on any atom is 0.390 e. The smallest absolute Gasteiger partial charge is 0.382 e. The summed E-state index contributed by atoms with van der Waals surface area (Å²) in [5, 5.41) is 7.18. The van der Waals surface area contributed by atoms with Gasteiger partial charge in [-0.15, -0.1) is 0 Å². The average molecular weight is 389 g/mol. The molecule has 2 aromatic heterocycles. The first-order chi connectivity index (χ1) is 13.2. The Morgan fingerprint density at radius 3 is 2.71 bits per heavy atom. The Kier molecular flexibility index (Phi) is 5.08. The number of fused-ring (bicyclic) bond motifs is 1. The number of carbonyl (C=O) groups excluding carboxylic acids is 1. The van der Waals surface area contributed by atoms with Crippen molar-refractivity contribution in [2.75, 3.05) is 11.9 Å². The second kappa shape index (κ2) is 7.34. The molecule has 6 nitrogen and oxygen atoms in total. The minimum absolute atomic E-state index is 0.283. The molecule has 0 bridgehead atoms. The number of hydrogen-bond donors (Lipinski definition) is 2. The SMILES string of the molecule is C=Cc1cc(NCCC(F)(F)F)c2ncc(-c3ccc(C(N)=O)c(C)c3)n2n1. The van der Waals surface area contributed by atoms with Gasteiger partial charge < -0.3 is 11.1 Å². The number of primary amides is 1. The lowest BCUT2D eigenvalue weighted by Gasteiger charge is -2.11. The second-order valence-corrected chi connectivity index (χ2v) is 6.25. The number of carbonyl (C=O) groups is 1. The monoisotopic (exact) mass is 389 g/mol. The molecule has 28 heavy (non-hydrogen) atoms. The summed E-state index contributed by atoms with van der Waals surface area (Å²) in [6, 6.07) is 6.71. The summed E-state index contributed by atoms with van der Waals surface area (Å²) in [4.78, 5) is 15.7. The zero-order chi connectivity index (χ0) is 20.5. The van der Waals surface area contributed by atoms with E-state index in [1.165, 1.54) is 10.6 Å². The van der Waals surface area contributed by atoms with Crippen molar-refractivity contribution in [3.63, 3.8) is 0 Å². The maximum absolute atomic E-state index is 12.4. The van der Waals surface area contributed by atoms with Crippen LogP contribution in [0.1, 0.15) is 28.0 Å². The van der Waals surface area contributed by atoms with Crippen LogP contribution >= 0.6 is 0 Å². The van der Waals surface area contributed by atoms with Gasteiger partial charge in [0.15, 0.2) is 5.65 Å². The van der Waals surface area contributed by atoms with Gasteiger partial charge in [-0.1, -0.05) is 12.6 Å². The predicted molar refractivity (Wildman–Crippen MR) is 101 cm³/mol. The molecule has 9 heteroatoms. The number of rotatable bonds is 6. The van der Waals surface area contributed by atoms with Gasteiger partial charge >= 0.3 is 6.18 Å². The number of benzene rings is 1. The van der Waals surface area contributed by atoms with E-state index in [2.05, 4.69) is 22.0 Å². The molecule has 3 aromatic rings. The van der Waals surface area contributed by atoms with Gasteiger partial charge in [0, 0.05) is 17.7 Å². The molecule has 0 saturated carbocycles. The quantitative estimate of drug-likeness (QED) is 0.671. The Morgan fingerprint density at radius 1 is 1.36 bits per heavy atom. The van der Waals surface area contributed by atoms with Crippen molar-refractivity contribution in [3.8, 4) is 11.3 Å². The Hall–Kier alpha value is -3.36. The molecule has 3 N–H and O–H groups in total. The minimum atomic E-state index is -4.25. The topological polar surface area (TPSA) is 85.3 Å². The van der Waals surface area contributed by atoms with E-state index >= 15 is 0 Å². The first-order valence-electron chi connectivity index (χ1n) is 8.42. The van der Waals surface area contributed by atoms with Gasteiger partial charge in [0.1, 0.15) is 0 Å². The fourth-order valence-corrected chi connectivity index (χ4v) is 2.85. The van der Waals surface area contributed by atoms with Crippen LogP contribution < -0.4 is 11.1 Å². The molecule has 0 atom stereocenters. The zero-order valence-electron chi connectivity index (χ0n) is 15.0. The molecule has 2 heterocycles. The largest absolute Gasteiger partial charge is 0.390 e. The number of amides is 1. The molecular formula is C19H18F3N5O. The van der Waals surface area contributed by atoms with Gasteiger partial charge in [-0.05, 0) is 36.8 Å². The van der Waals surface area contributed by atoms with E-state index in [0.29, 0.717) is 33.8 Å². The normalized spacial score (nSPS) is 11.6. The molecule has 0 fully saturated rings. The standard InChI is InChI=1S/C19H18F3N5O/c1-3-13-9-15(24-7-6-19(20,21)22)18-25-10-16(27(18)26-13)12-4-5-14(17(23)28)11(2)8-12/h3-5,8-10,24H,1,6-7H2,2H3,(H2,23,28). The molecule has 1 aromatic carbocycles. The fraction of sp³-hybridized carbons (Fsp3) is 0.211. The molecule has 0 spiro atoms. The fourth-order valence-electron chi connectivity index (χ4n) is 2.85. The first kappa shape index (κ1) is 19.4. The van der Waals surface area contributed by atoms with Gasteiger partial charge in [-0.25, -0.2) is 9.50 Å². The number of nitrogens with zero attached hydrogens (tertiary/aromatic N) is 3. The Morgan fingerprint density at radius 2 is 2.11 bits per heavy atom. The molecule has 0 radical (unpaired) electrons. The highest BCUT2D eigenvalue weighted by Crippen LogP contribution is 2.27. The molecule has 1 amide bonds. The first-order valence-corrected chi connectivity index (χ1v) is 8.42. The van der Waals surface area contributed by atoms with Gasteiger partial charge in [0.2, 0.25) is 5.91 Å². The minimum Gasteiger partial charge on any atom is -0.382 e. The molecule has 0 aliphatic heterocycles. The van der Waals surface area contributed by atoms with Crippen molar-refractivity contribution in [2.24, 2.45) is 5.73 Å². The molecule has 0 aliphatic carbocycles. The van der Waals surface area contributed by atoms with E-state index in [4.69, 9.17) is 5.73 Å². The van der Waals surface area contributed by atoms with Gasteiger partial charge in [0.25, 0.3) is 0 Å². The highest BCUT2D eigenvalue weighted by atomic mass is 19.4. The van der Waals surface area contributed by atoms with Crippen LogP contribution in [0.3, 0.4) is 0 Å². The van der Waals surface area contributed by atoms with Crippen LogP contribution in [0.15, 0.2) is 37.0 Å². The lowest BCUT2D eigenvalue weighted by atomic mass is 10.0. The molecule has 146 valence electrons. The molecule has 0 saturated heterocycles. The third kappa shape index (κ3) is 3.98. The number of aromatic nitrogens is 3. The van der Waals surface area contributed by atoms with Crippen molar-refractivity contribution >= 4 is 23.3 Å². The Balaban J connectivity index is 2.04. The predicted octanol–water partition coefficient (Wildman–Crippen LogP) is 3.81. The summed E-state index contributed by atoms with van der Waals surface area (Å²) < 4.78 is 38.9. The molecule has 0 aliphatic rings. The van der Waals surface area contributed by atoms with Gasteiger partial charge in [0.05, 0.1) is 29.7 Å². The number of aryl methyl sites for hydroxylation is 1. The van der Waals surface area contributed by atoms with E-state index < -0.39 is 18.5 Å². The zero-order valence-corrected chi connectivity index (χ0v) is 15.0. The van der Waals surface area contributed by atoms with Crippen LogP contribution in [0.25, 0.3) is 23.0 Å². The number of alkyl halides is 3. The van der Waals surface area contributed by atoms with Crippen LogP contribution in [0.2, 0.25) is 0 Å². The van der Waals surface area contributed by atoms with Crippen molar-refractivity contribution < 1.29 is 18.0 Å². The number of hydrogen-bond acceptors (Lipinski definition) is 4. The number of imidazole rings is 1. The van der Waals surface area contributed by atoms with Crippen molar-refractivity contribution in [1.29, 1.82) is 0 Å². The average Bonchev–Trinajstić information content (AvgIpc) is 3.04. The second-order valence-electron chi connectivity index (χ2n) is 6.25. The number of nitrogens with one attached hydrogen (secondary N) is 1. The van der Waals surface area contributed by atoms with E-state index in [-0.39, 0.29) is 6.54 Å². The van der Waals surface area contributed by atoms with E-state index in [1.807, 2.05) is 0 Å². The van der Waals surface area contributed by atoms with Crippen molar-refractivity contribution in [2.45, 2.75) is 19.5 Å². The molecule has 0 unspecified atom stereocenters. The lowest BCUT2D eigenvalue weighted by molar-refractivity contribution is -0.131. The van der Waals surface area contributed by atoms with E-state index in [0.717, 1.165) is 5.56 Å². The summed E-state index contributed by atoms with van der Waals surface area (Å²) in [6.07, 6.45) is -2.15. The summed E-state index contributed by atoms with van der Waals surface area (Å²) in [5.41, 5.74) is 9.10. The summed E-state index contributed by atoms with van der Waals surface area (Å²) >= 11 is 0. The summed E-state index contributed by atoms with van der Waals surface area (Å²) in [5.74, 6) is -0.523. The third-order valence-corrected chi connectivity index (χ3v) is 4.21. The Bertz CT molecular complexity index is 1060. The summed E-state index contributed by atoms with van der Waals surface area (Å²) in [6.45, 7) is 5.15. The Labute approximate surface area is 158 Å². The van der Waals surface area contributed by atoms with Gasteiger partial charge in [-0.3, -0.25) is 4.79 Å². The maximum atomic E-state index is 12.4. The van der Waals surface area contributed by atoms with Crippen LogP contribution in [-0.4, -0.2) is 33.2 Å². The van der Waals surface area contributed by atoms with Crippen LogP contribution in [0.5, 0.6) is 0 Å². The number of halogens is 3. The summed E-state index contributed by atoms with van der Waals surface area (Å²) in [7, 11) is 0. The van der Waals surface area contributed by atoms with Crippen LogP contribution in [-0.2, 0) is 0 Å². The van der Waals surface area contributed by atoms with Crippen molar-refractivity contribution in [1.82, 2.24) is 14.6 Å². The van der Waals surface area contributed by atoms with Crippen LogP contribution in [0.4, 0.5) is 18.9 Å². The lowest BCUT2D eigenvalue weighted by Crippen LogP contribution is -2.15. The highest BCUT2D eigenvalue weighted by Gasteiger charge is 2.26. The molecule has 3 rings (SSSR count). The number of anilines is 1. The highest BCUT2D eigenvalue weighted by molar-refractivity contribution is 5.94. The van der Waals surface area contributed by atoms with E-state index in [9.17, 15) is 18.0 Å². The number of nitrogens with two attached hydrogens (primary N) is 1. The van der Waals surface area contributed by atoms with Gasteiger partial charge in [-0.2, -0.15) is 18.3 Å². The van der Waals surface area contributed by atoms with Crippen molar-refractivity contribution in [3.05, 3.63) is 53.9 Å². The van der Waals surface area contributed by atoms with E-state index in [1.54, 1.807) is 37.4 Å². The van der Waals surface area contributed by atoms with Crippen LogP contribution in [0, 0.1) is 6.92 Å². The molecular weight excluding hydrogens is 371 g/mol.